The summed E-state index contributed by atoms with van der Waals surface area (Å²) in [5, 5.41) is 0. The molecule has 0 aliphatic heterocycles. The Labute approximate surface area is 146 Å². The average molecular weight is 344 g/mol. The lowest BCUT2D eigenvalue weighted by molar-refractivity contribution is 0.120. The number of carbonyl (C=O) groups is 1. The summed E-state index contributed by atoms with van der Waals surface area (Å²) in [6.45, 7) is 3.89. The molecule has 0 amide bonds. The van der Waals surface area contributed by atoms with Crippen LogP contribution in [0.25, 0.3) is 0 Å². The maximum absolute atomic E-state index is 14.1. The minimum atomic E-state index is -0.786. The van der Waals surface area contributed by atoms with Crippen molar-refractivity contribution in [3.63, 3.8) is 0 Å². The molecule has 0 saturated heterocycles. The van der Waals surface area contributed by atoms with Crippen LogP contribution < -0.4 is 9.47 Å². The second kappa shape index (κ2) is 7.13. The summed E-state index contributed by atoms with van der Waals surface area (Å²) in [5.74, 6) is 0.616. The molecule has 4 nitrogen and oxygen atoms in total. The van der Waals surface area contributed by atoms with E-state index in [2.05, 4.69) is 4.74 Å². The highest BCUT2D eigenvalue weighted by Gasteiger charge is 2.28. The van der Waals surface area contributed by atoms with Crippen LogP contribution in [0.1, 0.15) is 41.0 Å². The van der Waals surface area contributed by atoms with Crippen LogP contribution in [0.15, 0.2) is 30.3 Å². The Bertz CT molecular complexity index is 797. The smallest absolute Gasteiger partial charge is 0.486 e. The van der Waals surface area contributed by atoms with E-state index in [0.29, 0.717) is 11.7 Å². The monoisotopic (exact) mass is 344 g/mol. The second-order valence-electron chi connectivity index (χ2n) is 6.31. The van der Waals surface area contributed by atoms with Gasteiger partial charge in [0.25, 0.3) is 0 Å². The highest BCUT2D eigenvalue weighted by Crippen LogP contribution is 2.44. The molecule has 0 unspecified atom stereocenters. The fourth-order valence-electron chi connectivity index (χ4n) is 2.76. The molecule has 3 rings (SSSR count). The van der Waals surface area contributed by atoms with Crippen LogP contribution in [-0.2, 0) is 11.3 Å². The first-order valence-corrected chi connectivity index (χ1v) is 8.26. The van der Waals surface area contributed by atoms with Gasteiger partial charge in [-0.1, -0.05) is 12.1 Å². The summed E-state index contributed by atoms with van der Waals surface area (Å²) >= 11 is 0. The SMILES string of the molecule is COC(=O)Oc1cccc(C2CC2)c1COc1cc(C)c(C)cc1F. The van der Waals surface area contributed by atoms with Gasteiger partial charge in [0, 0.05) is 5.56 Å². The Kier molecular flexibility index (Phi) is 4.93. The van der Waals surface area contributed by atoms with Crippen molar-refractivity contribution in [2.45, 2.75) is 39.2 Å². The van der Waals surface area contributed by atoms with Gasteiger partial charge in [-0.15, -0.1) is 0 Å². The standard InChI is InChI=1S/C20H21FO4/c1-12-9-17(21)19(10-13(12)2)24-11-16-15(14-7-8-14)5-4-6-18(16)25-20(22)23-3/h4-6,9-10,14H,7-8,11H2,1-3H3. The molecular formula is C20H21FO4. The Morgan fingerprint density at radius 1 is 1.16 bits per heavy atom. The average Bonchev–Trinajstić information content (AvgIpc) is 3.42. The molecule has 0 aromatic heterocycles. The molecule has 0 spiro atoms. The van der Waals surface area contributed by atoms with Crippen molar-refractivity contribution in [1.82, 2.24) is 0 Å². The van der Waals surface area contributed by atoms with E-state index in [4.69, 9.17) is 9.47 Å². The molecule has 0 radical (unpaired) electrons. The molecule has 5 heteroatoms. The van der Waals surface area contributed by atoms with Crippen molar-refractivity contribution in [3.8, 4) is 11.5 Å². The highest BCUT2D eigenvalue weighted by atomic mass is 19.1. The summed E-state index contributed by atoms with van der Waals surface area (Å²) in [6, 6.07) is 8.68. The Morgan fingerprint density at radius 3 is 2.56 bits per heavy atom. The largest absolute Gasteiger partial charge is 0.513 e. The number of methoxy groups -OCH3 is 1. The van der Waals surface area contributed by atoms with Gasteiger partial charge in [0.05, 0.1) is 7.11 Å². The number of aryl methyl sites for hydroxylation is 2. The zero-order valence-electron chi connectivity index (χ0n) is 14.6. The maximum atomic E-state index is 14.1. The zero-order valence-corrected chi connectivity index (χ0v) is 14.6. The quantitative estimate of drug-likeness (QED) is 0.563. The van der Waals surface area contributed by atoms with E-state index in [1.807, 2.05) is 26.0 Å². The molecule has 132 valence electrons. The van der Waals surface area contributed by atoms with E-state index in [-0.39, 0.29) is 12.4 Å². The minimum absolute atomic E-state index is 0.123. The van der Waals surface area contributed by atoms with Crippen LogP contribution in [-0.4, -0.2) is 13.3 Å². The van der Waals surface area contributed by atoms with Crippen molar-refractivity contribution in [3.05, 3.63) is 58.4 Å². The van der Waals surface area contributed by atoms with E-state index < -0.39 is 12.0 Å². The Morgan fingerprint density at radius 2 is 1.88 bits per heavy atom. The third-order valence-corrected chi connectivity index (χ3v) is 4.47. The fourth-order valence-corrected chi connectivity index (χ4v) is 2.76. The van der Waals surface area contributed by atoms with E-state index >= 15 is 0 Å². The zero-order chi connectivity index (χ0) is 18.0. The third kappa shape index (κ3) is 3.92. The van der Waals surface area contributed by atoms with Gasteiger partial charge >= 0.3 is 6.16 Å². The summed E-state index contributed by atoms with van der Waals surface area (Å²) < 4.78 is 29.7. The number of hydrogen-bond acceptors (Lipinski definition) is 4. The normalized spacial score (nSPS) is 13.4. The van der Waals surface area contributed by atoms with Crippen molar-refractivity contribution in [1.29, 1.82) is 0 Å². The van der Waals surface area contributed by atoms with Crippen LogP contribution in [0.4, 0.5) is 9.18 Å². The minimum Gasteiger partial charge on any atom is -0.486 e. The molecule has 25 heavy (non-hydrogen) atoms. The van der Waals surface area contributed by atoms with Gasteiger partial charge in [-0.25, -0.2) is 9.18 Å². The second-order valence-corrected chi connectivity index (χ2v) is 6.31. The first-order valence-electron chi connectivity index (χ1n) is 8.26. The van der Waals surface area contributed by atoms with Gasteiger partial charge in [0.15, 0.2) is 11.6 Å². The molecule has 0 bridgehead atoms. The van der Waals surface area contributed by atoms with Gasteiger partial charge in [0.1, 0.15) is 12.4 Å². The van der Waals surface area contributed by atoms with Crippen LogP contribution in [0.3, 0.4) is 0 Å². The molecule has 0 N–H and O–H groups in total. The molecule has 0 heterocycles. The molecule has 0 atom stereocenters. The summed E-state index contributed by atoms with van der Waals surface area (Å²) in [6.07, 6.45) is 1.39. The van der Waals surface area contributed by atoms with Gasteiger partial charge in [-0.05, 0) is 67.5 Å². The summed E-state index contributed by atoms with van der Waals surface area (Å²) in [7, 11) is 1.26. The number of rotatable bonds is 5. The lowest BCUT2D eigenvalue weighted by atomic mass is 10.0. The van der Waals surface area contributed by atoms with Crippen LogP contribution in [0.5, 0.6) is 11.5 Å². The van der Waals surface area contributed by atoms with Crippen LogP contribution in [0, 0.1) is 19.7 Å². The summed E-state index contributed by atoms with van der Waals surface area (Å²) in [4.78, 5) is 11.5. The van der Waals surface area contributed by atoms with E-state index in [0.717, 1.165) is 35.1 Å². The van der Waals surface area contributed by atoms with Crippen molar-refractivity contribution in [2.24, 2.45) is 0 Å². The van der Waals surface area contributed by atoms with Gasteiger partial charge in [0.2, 0.25) is 0 Å². The number of halogens is 1. The maximum Gasteiger partial charge on any atom is 0.513 e. The number of benzene rings is 2. The van der Waals surface area contributed by atoms with Gasteiger partial charge in [-0.2, -0.15) is 0 Å². The van der Waals surface area contributed by atoms with E-state index in [1.165, 1.54) is 13.2 Å². The molecule has 1 aliphatic carbocycles. The van der Waals surface area contributed by atoms with E-state index in [9.17, 15) is 9.18 Å². The molecular weight excluding hydrogens is 323 g/mol. The van der Waals surface area contributed by atoms with Crippen molar-refractivity contribution in [2.75, 3.05) is 7.11 Å². The van der Waals surface area contributed by atoms with E-state index in [1.54, 1.807) is 12.1 Å². The number of carbonyl (C=O) groups excluding carboxylic acids is 1. The van der Waals surface area contributed by atoms with Crippen LogP contribution >= 0.6 is 0 Å². The van der Waals surface area contributed by atoms with Gasteiger partial charge in [-0.3, -0.25) is 0 Å². The molecule has 2 aromatic carbocycles. The lowest BCUT2D eigenvalue weighted by Crippen LogP contribution is -2.11. The topological polar surface area (TPSA) is 44.8 Å². The lowest BCUT2D eigenvalue weighted by Gasteiger charge is -2.16. The highest BCUT2D eigenvalue weighted by molar-refractivity contribution is 5.65. The van der Waals surface area contributed by atoms with Crippen molar-refractivity contribution < 1.29 is 23.4 Å². The van der Waals surface area contributed by atoms with Crippen molar-refractivity contribution >= 4 is 6.16 Å². The van der Waals surface area contributed by atoms with Gasteiger partial charge < -0.3 is 14.2 Å². The fraction of sp³-hybridized carbons (Fsp3) is 0.350. The number of ether oxygens (including phenoxy) is 3. The van der Waals surface area contributed by atoms with Crippen LogP contribution in [0.2, 0.25) is 0 Å². The number of hydrogen-bond donors (Lipinski definition) is 0. The molecule has 1 saturated carbocycles. The third-order valence-electron chi connectivity index (χ3n) is 4.47. The molecule has 2 aromatic rings. The molecule has 1 aliphatic rings. The Hall–Kier alpha value is -2.56. The first kappa shape index (κ1) is 17.3. The first-order chi connectivity index (χ1) is 12.0. The Balaban J connectivity index is 1.88. The molecule has 1 fully saturated rings. The predicted molar refractivity (Wildman–Crippen MR) is 91.7 cm³/mol. The summed E-state index contributed by atoms with van der Waals surface area (Å²) in [5.41, 5.74) is 3.66. The predicted octanol–water partition coefficient (Wildman–Crippen LogP) is 5.04.